The van der Waals surface area contributed by atoms with Crippen LogP contribution in [-0.2, 0) is 6.54 Å². The van der Waals surface area contributed by atoms with E-state index in [1.807, 2.05) is 0 Å². The maximum atomic E-state index is 2.76. The van der Waals surface area contributed by atoms with Crippen molar-refractivity contribution in [2.75, 3.05) is 17.6 Å². The first-order chi connectivity index (χ1) is 10.4. The molecule has 2 nitrogen and oxygen atoms in total. The predicted octanol–water partition coefficient (Wildman–Crippen LogP) is 0.471. The van der Waals surface area contributed by atoms with E-state index in [-0.39, 0.29) is 21.5 Å². The van der Waals surface area contributed by atoms with Gasteiger partial charge in [0, 0.05) is 0 Å². The van der Waals surface area contributed by atoms with Crippen molar-refractivity contribution in [3.05, 3.63) is 48.0 Å². The average molecular weight is 393 g/mol. The SMILES string of the molecule is c1ccc2cc(CN3CCN(C4CCC4)C[I-]3)ccc2c1. The van der Waals surface area contributed by atoms with Crippen LogP contribution in [0.15, 0.2) is 42.5 Å². The summed E-state index contributed by atoms with van der Waals surface area (Å²) in [5.74, 6) is 0. The number of hydrogen-bond donors (Lipinski definition) is 0. The number of benzene rings is 2. The van der Waals surface area contributed by atoms with Crippen molar-refractivity contribution in [1.82, 2.24) is 8.01 Å². The van der Waals surface area contributed by atoms with Crippen molar-refractivity contribution in [1.29, 1.82) is 0 Å². The van der Waals surface area contributed by atoms with Gasteiger partial charge >= 0.3 is 138 Å². The number of hydrogen-bond acceptors (Lipinski definition) is 2. The van der Waals surface area contributed by atoms with Crippen molar-refractivity contribution < 1.29 is 21.5 Å². The number of rotatable bonds is 3. The minimum atomic E-state index is 0.192. The molecule has 112 valence electrons. The average Bonchev–Trinajstić information content (AvgIpc) is 2.47. The molecule has 0 N–H and O–H groups in total. The Bertz CT molecular complexity index is 615. The van der Waals surface area contributed by atoms with Crippen LogP contribution in [-0.4, -0.2) is 31.7 Å². The second-order valence-corrected chi connectivity index (χ2v) is 8.89. The van der Waals surface area contributed by atoms with Crippen LogP contribution in [0.3, 0.4) is 0 Å². The van der Waals surface area contributed by atoms with Crippen LogP contribution >= 0.6 is 0 Å². The molecule has 2 fully saturated rings. The van der Waals surface area contributed by atoms with Crippen molar-refractivity contribution in [3.8, 4) is 0 Å². The third-order valence-corrected chi connectivity index (χ3v) is 7.73. The zero-order valence-corrected chi connectivity index (χ0v) is 14.5. The quantitative estimate of drug-likeness (QED) is 0.324. The fourth-order valence-corrected chi connectivity index (χ4v) is 6.10. The van der Waals surface area contributed by atoms with Crippen LogP contribution in [0.2, 0.25) is 0 Å². The summed E-state index contributed by atoms with van der Waals surface area (Å²) in [6.45, 7) is 3.71. The maximum absolute atomic E-state index is 2.76. The van der Waals surface area contributed by atoms with E-state index in [0.29, 0.717) is 0 Å². The molecule has 3 heteroatoms. The summed E-state index contributed by atoms with van der Waals surface area (Å²) in [5, 5.41) is 2.73. The number of fused-ring (bicyclic) bond motifs is 1. The van der Waals surface area contributed by atoms with E-state index in [9.17, 15) is 0 Å². The van der Waals surface area contributed by atoms with Gasteiger partial charge < -0.3 is 0 Å². The van der Waals surface area contributed by atoms with E-state index in [4.69, 9.17) is 0 Å². The second-order valence-electron chi connectivity index (χ2n) is 6.16. The Morgan fingerprint density at radius 3 is 2.57 bits per heavy atom. The normalized spacial score (nSPS) is 21.9. The van der Waals surface area contributed by atoms with E-state index in [1.165, 1.54) is 53.2 Å². The molecule has 0 amide bonds. The Labute approximate surface area is 137 Å². The first-order valence-corrected chi connectivity index (χ1v) is 10.4. The second kappa shape index (κ2) is 6.23. The predicted molar refractivity (Wildman–Crippen MR) is 83.6 cm³/mol. The molecule has 1 aliphatic carbocycles. The fourth-order valence-electron chi connectivity index (χ4n) is 3.19. The summed E-state index contributed by atoms with van der Waals surface area (Å²) < 4.78 is 4.09. The first kappa shape index (κ1) is 14.0. The number of alkyl halides is 1. The molecule has 0 radical (unpaired) electrons. The van der Waals surface area contributed by atoms with Crippen molar-refractivity contribution in [3.63, 3.8) is 0 Å². The molecule has 0 unspecified atom stereocenters. The number of nitrogens with zero attached hydrogens (tertiary/aromatic N) is 2. The third-order valence-electron chi connectivity index (χ3n) is 4.76. The first-order valence-electron chi connectivity index (χ1n) is 7.94. The Kier molecular flexibility index (Phi) is 4.14. The van der Waals surface area contributed by atoms with Crippen LogP contribution in [0.25, 0.3) is 10.8 Å². The molecule has 1 saturated carbocycles. The minimum absolute atomic E-state index is 0.192. The van der Waals surface area contributed by atoms with Crippen LogP contribution < -0.4 is 21.5 Å². The van der Waals surface area contributed by atoms with E-state index < -0.39 is 0 Å². The molecule has 0 bridgehead atoms. The van der Waals surface area contributed by atoms with Gasteiger partial charge in [0.25, 0.3) is 0 Å². The molecule has 0 atom stereocenters. The molecule has 1 aliphatic heterocycles. The van der Waals surface area contributed by atoms with Gasteiger partial charge in [-0.05, 0) is 0 Å². The molecule has 21 heavy (non-hydrogen) atoms. The Hall–Kier alpha value is -0.650. The molecule has 1 heterocycles. The van der Waals surface area contributed by atoms with Crippen LogP contribution in [0.1, 0.15) is 24.8 Å². The Morgan fingerprint density at radius 1 is 1.00 bits per heavy atom. The van der Waals surface area contributed by atoms with Crippen LogP contribution in [0.5, 0.6) is 0 Å². The standard InChI is InChI=1S/C18H22IN2/c1-2-5-17-12-15(8-9-16(17)4-1)13-21-11-10-20(14-19-21)18-6-3-7-18/h1-2,4-5,8-9,12,18H,3,6-7,10-11,13-14H2/q-1. The summed E-state index contributed by atoms with van der Waals surface area (Å²) in [4.78, 5) is 2.76. The third kappa shape index (κ3) is 3.10. The van der Waals surface area contributed by atoms with Gasteiger partial charge in [0.15, 0.2) is 0 Å². The van der Waals surface area contributed by atoms with Gasteiger partial charge in [-0.3, -0.25) is 0 Å². The molecule has 2 aliphatic rings. The summed E-state index contributed by atoms with van der Waals surface area (Å²) in [6, 6.07) is 16.6. The molecule has 1 saturated heterocycles. The number of halogens is 1. The van der Waals surface area contributed by atoms with Gasteiger partial charge in [-0.15, -0.1) is 0 Å². The zero-order valence-electron chi connectivity index (χ0n) is 12.3. The van der Waals surface area contributed by atoms with Crippen molar-refractivity contribution >= 4 is 10.8 Å². The summed E-state index contributed by atoms with van der Waals surface area (Å²) >= 11 is 0.192. The van der Waals surface area contributed by atoms with Crippen LogP contribution in [0.4, 0.5) is 0 Å². The molecular weight excluding hydrogens is 371 g/mol. The Morgan fingerprint density at radius 2 is 1.86 bits per heavy atom. The monoisotopic (exact) mass is 393 g/mol. The molecule has 4 rings (SSSR count). The van der Waals surface area contributed by atoms with Crippen LogP contribution in [0, 0.1) is 0 Å². The van der Waals surface area contributed by atoms with Gasteiger partial charge in [0.1, 0.15) is 0 Å². The fraction of sp³-hybridized carbons (Fsp3) is 0.444. The van der Waals surface area contributed by atoms with E-state index in [2.05, 4.69) is 50.5 Å². The van der Waals surface area contributed by atoms with E-state index >= 15 is 0 Å². The molecule has 2 aromatic carbocycles. The zero-order chi connectivity index (χ0) is 14.1. The van der Waals surface area contributed by atoms with Gasteiger partial charge in [-0.25, -0.2) is 0 Å². The van der Waals surface area contributed by atoms with Gasteiger partial charge in [-0.1, -0.05) is 0 Å². The summed E-state index contributed by atoms with van der Waals surface area (Å²) in [7, 11) is 0. The van der Waals surface area contributed by atoms with E-state index in [1.54, 1.807) is 0 Å². The van der Waals surface area contributed by atoms with Crippen molar-refractivity contribution in [2.24, 2.45) is 0 Å². The molecule has 0 aromatic heterocycles. The summed E-state index contributed by atoms with van der Waals surface area (Å²) in [5.41, 5.74) is 1.48. The molecule has 0 spiro atoms. The molecular formula is C18H22IN2-. The topological polar surface area (TPSA) is 6.48 Å². The van der Waals surface area contributed by atoms with Gasteiger partial charge in [-0.2, -0.15) is 0 Å². The van der Waals surface area contributed by atoms with Gasteiger partial charge in [0.2, 0.25) is 0 Å². The van der Waals surface area contributed by atoms with Gasteiger partial charge in [0.05, 0.1) is 0 Å². The van der Waals surface area contributed by atoms with Crippen molar-refractivity contribution in [2.45, 2.75) is 31.8 Å². The summed E-state index contributed by atoms with van der Waals surface area (Å²) in [6.07, 6.45) is 4.36. The Balaban J connectivity index is 1.39. The molecule has 2 aromatic rings. The van der Waals surface area contributed by atoms with E-state index in [0.717, 1.165) is 12.6 Å².